The smallest absolute Gasteiger partial charge is 0.308 e. The van der Waals surface area contributed by atoms with Gasteiger partial charge in [0.15, 0.2) is 0 Å². The Bertz CT molecular complexity index is 653. The van der Waals surface area contributed by atoms with Crippen LogP contribution < -0.4 is 10.6 Å². The van der Waals surface area contributed by atoms with Crippen molar-refractivity contribution in [3.63, 3.8) is 0 Å². The lowest BCUT2D eigenvalue weighted by Gasteiger charge is -2.11. The molecule has 4 heteroatoms. The van der Waals surface area contributed by atoms with Crippen molar-refractivity contribution in [2.24, 2.45) is 0 Å². The fraction of sp³-hybridized carbons (Fsp3) is 0.188. The number of halogens is 1. The van der Waals surface area contributed by atoms with Crippen molar-refractivity contribution < 1.29 is 9.18 Å². The van der Waals surface area contributed by atoms with Crippen LogP contribution in [0.3, 0.4) is 0 Å². The number of hydrogen-bond acceptors (Lipinski definition) is 1. The maximum absolute atomic E-state index is 13.4. The van der Waals surface area contributed by atoms with Gasteiger partial charge in [-0.25, -0.2) is 9.18 Å². The van der Waals surface area contributed by atoms with E-state index >= 15 is 0 Å². The van der Waals surface area contributed by atoms with Crippen molar-refractivity contribution >= 4 is 17.4 Å². The summed E-state index contributed by atoms with van der Waals surface area (Å²) in [6.07, 6.45) is 0. The summed E-state index contributed by atoms with van der Waals surface area (Å²) in [5.41, 5.74) is 3.86. The number of benzene rings is 2. The Balaban J connectivity index is 2.09. The van der Waals surface area contributed by atoms with Gasteiger partial charge >= 0.3 is 6.03 Å². The minimum atomic E-state index is -0.387. The van der Waals surface area contributed by atoms with E-state index in [1.54, 1.807) is 19.1 Å². The van der Waals surface area contributed by atoms with Crippen LogP contribution in [-0.4, -0.2) is 6.03 Å². The molecule has 0 unspecified atom stereocenters. The number of anilines is 2. The Morgan fingerprint density at radius 1 is 1.00 bits per heavy atom. The molecule has 0 heterocycles. The average molecular weight is 272 g/mol. The first kappa shape index (κ1) is 14.1. The first-order valence-corrected chi connectivity index (χ1v) is 6.38. The van der Waals surface area contributed by atoms with E-state index in [0.29, 0.717) is 16.9 Å². The highest BCUT2D eigenvalue weighted by Gasteiger charge is 2.07. The monoisotopic (exact) mass is 272 g/mol. The van der Waals surface area contributed by atoms with Crippen LogP contribution in [0.15, 0.2) is 36.4 Å². The maximum Gasteiger partial charge on any atom is 0.323 e. The van der Waals surface area contributed by atoms with Crippen molar-refractivity contribution in [2.75, 3.05) is 10.6 Å². The van der Waals surface area contributed by atoms with Crippen LogP contribution >= 0.6 is 0 Å². The minimum absolute atomic E-state index is 0.339. The number of amides is 2. The molecule has 0 aliphatic heterocycles. The molecule has 2 aromatic carbocycles. The predicted molar refractivity (Wildman–Crippen MR) is 79.7 cm³/mol. The van der Waals surface area contributed by atoms with E-state index in [0.717, 1.165) is 11.1 Å². The summed E-state index contributed by atoms with van der Waals surface area (Å²) < 4.78 is 13.4. The van der Waals surface area contributed by atoms with E-state index in [2.05, 4.69) is 10.6 Å². The quantitative estimate of drug-likeness (QED) is 0.836. The van der Waals surface area contributed by atoms with Crippen LogP contribution in [0.4, 0.5) is 20.6 Å². The van der Waals surface area contributed by atoms with Crippen molar-refractivity contribution in [3.8, 4) is 0 Å². The van der Waals surface area contributed by atoms with Crippen LogP contribution in [0.2, 0.25) is 0 Å². The number of urea groups is 1. The molecule has 0 saturated heterocycles. The molecule has 0 fully saturated rings. The molecule has 0 spiro atoms. The van der Waals surface area contributed by atoms with Crippen LogP contribution in [0.1, 0.15) is 16.7 Å². The zero-order chi connectivity index (χ0) is 14.7. The molecular weight excluding hydrogens is 255 g/mol. The van der Waals surface area contributed by atoms with Crippen LogP contribution in [0, 0.1) is 26.6 Å². The van der Waals surface area contributed by atoms with Crippen molar-refractivity contribution in [3.05, 3.63) is 58.9 Å². The summed E-state index contributed by atoms with van der Waals surface area (Å²) in [6.45, 7) is 5.62. The lowest BCUT2D eigenvalue weighted by molar-refractivity contribution is 0.262. The van der Waals surface area contributed by atoms with Gasteiger partial charge in [0.05, 0.1) is 0 Å². The van der Waals surface area contributed by atoms with Gasteiger partial charge in [0, 0.05) is 16.9 Å². The lowest BCUT2D eigenvalue weighted by atomic mass is 10.1. The molecule has 20 heavy (non-hydrogen) atoms. The summed E-state index contributed by atoms with van der Waals surface area (Å²) in [5.74, 6) is -0.339. The third-order valence-electron chi connectivity index (χ3n) is 3.28. The highest BCUT2D eigenvalue weighted by atomic mass is 19.1. The Morgan fingerprint density at radius 3 is 2.45 bits per heavy atom. The van der Waals surface area contributed by atoms with E-state index < -0.39 is 0 Å². The molecule has 0 bridgehead atoms. The predicted octanol–water partition coefficient (Wildman–Crippen LogP) is 4.39. The molecule has 0 aliphatic carbocycles. The molecule has 0 aliphatic rings. The van der Waals surface area contributed by atoms with Gasteiger partial charge in [-0.3, -0.25) is 0 Å². The normalized spacial score (nSPS) is 10.2. The molecular formula is C16H17FN2O. The second-order valence-electron chi connectivity index (χ2n) is 4.79. The first-order chi connectivity index (χ1) is 9.47. The topological polar surface area (TPSA) is 41.1 Å². The van der Waals surface area contributed by atoms with Crippen molar-refractivity contribution in [1.29, 1.82) is 0 Å². The molecule has 2 amide bonds. The molecule has 0 saturated carbocycles. The SMILES string of the molecule is Cc1ccc(NC(=O)Nc2cccc(F)c2C)cc1C. The molecule has 2 aromatic rings. The Hall–Kier alpha value is -2.36. The number of carbonyl (C=O) groups is 1. The minimum Gasteiger partial charge on any atom is -0.308 e. The highest BCUT2D eigenvalue weighted by molar-refractivity contribution is 6.00. The van der Waals surface area contributed by atoms with Crippen LogP contribution in [0.25, 0.3) is 0 Å². The summed E-state index contributed by atoms with van der Waals surface area (Å²) in [6, 6.07) is 9.88. The standard InChI is InChI=1S/C16H17FN2O/c1-10-7-8-13(9-11(10)2)18-16(20)19-15-6-4-5-14(17)12(15)3/h4-9H,1-3H3,(H2,18,19,20). The Kier molecular flexibility index (Phi) is 4.03. The van der Waals surface area contributed by atoms with Gasteiger partial charge in [0.2, 0.25) is 0 Å². The molecule has 0 atom stereocenters. The maximum atomic E-state index is 13.4. The second-order valence-corrected chi connectivity index (χ2v) is 4.79. The molecule has 0 radical (unpaired) electrons. The third-order valence-corrected chi connectivity index (χ3v) is 3.28. The van der Waals surface area contributed by atoms with E-state index in [-0.39, 0.29) is 11.8 Å². The van der Waals surface area contributed by atoms with Gasteiger partial charge < -0.3 is 10.6 Å². The largest absolute Gasteiger partial charge is 0.323 e. The average Bonchev–Trinajstić information content (AvgIpc) is 2.39. The van der Waals surface area contributed by atoms with Gasteiger partial charge in [0.25, 0.3) is 0 Å². The van der Waals surface area contributed by atoms with Crippen LogP contribution in [0.5, 0.6) is 0 Å². The molecule has 2 N–H and O–H groups in total. The first-order valence-electron chi connectivity index (χ1n) is 6.38. The number of hydrogen-bond donors (Lipinski definition) is 2. The fourth-order valence-electron chi connectivity index (χ4n) is 1.85. The van der Waals surface area contributed by atoms with Crippen molar-refractivity contribution in [2.45, 2.75) is 20.8 Å². The molecule has 3 nitrogen and oxygen atoms in total. The van der Waals surface area contributed by atoms with Gasteiger partial charge in [0.1, 0.15) is 5.82 Å². The Morgan fingerprint density at radius 2 is 1.75 bits per heavy atom. The lowest BCUT2D eigenvalue weighted by Crippen LogP contribution is -2.20. The third kappa shape index (κ3) is 3.15. The highest BCUT2D eigenvalue weighted by Crippen LogP contribution is 2.18. The molecule has 2 rings (SSSR count). The molecule has 104 valence electrons. The number of carbonyl (C=O) groups excluding carboxylic acids is 1. The van der Waals surface area contributed by atoms with Gasteiger partial charge in [-0.2, -0.15) is 0 Å². The van der Waals surface area contributed by atoms with E-state index in [1.165, 1.54) is 6.07 Å². The van der Waals surface area contributed by atoms with E-state index in [4.69, 9.17) is 0 Å². The van der Waals surface area contributed by atoms with Gasteiger partial charge in [-0.05, 0) is 56.2 Å². The molecule has 0 aromatic heterocycles. The second kappa shape index (κ2) is 5.74. The number of aryl methyl sites for hydroxylation is 2. The zero-order valence-corrected chi connectivity index (χ0v) is 11.8. The summed E-state index contributed by atoms with van der Waals surface area (Å²) in [7, 11) is 0. The van der Waals surface area contributed by atoms with E-state index in [1.807, 2.05) is 32.0 Å². The summed E-state index contributed by atoms with van der Waals surface area (Å²) in [4.78, 5) is 11.9. The zero-order valence-electron chi connectivity index (χ0n) is 11.8. The number of rotatable bonds is 2. The summed E-state index contributed by atoms with van der Waals surface area (Å²) in [5, 5.41) is 5.38. The van der Waals surface area contributed by atoms with E-state index in [9.17, 15) is 9.18 Å². The fourth-order valence-corrected chi connectivity index (χ4v) is 1.85. The number of nitrogens with one attached hydrogen (secondary N) is 2. The Labute approximate surface area is 117 Å². The van der Waals surface area contributed by atoms with Crippen molar-refractivity contribution in [1.82, 2.24) is 0 Å². The van der Waals surface area contributed by atoms with Gasteiger partial charge in [-0.1, -0.05) is 12.1 Å². The van der Waals surface area contributed by atoms with Gasteiger partial charge in [-0.15, -0.1) is 0 Å². The summed E-state index contributed by atoms with van der Waals surface area (Å²) >= 11 is 0. The van der Waals surface area contributed by atoms with Crippen LogP contribution in [-0.2, 0) is 0 Å².